The Balaban J connectivity index is 2.00. The van der Waals surface area contributed by atoms with Crippen LogP contribution in [-0.4, -0.2) is 18.0 Å². The highest BCUT2D eigenvalue weighted by Crippen LogP contribution is 2.31. The van der Waals surface area contributed by atoms with Gasteiger partial charge in [-0.3, -0.25) is 9.59 Å². The first-order chi connectivity index (χ1) is 8.78. The van der Waals surface area contributed by atoms with Gasteiger partial charge in [0.2, 0.25) is 12.3 Å². The molecule has 1 aliphatic carbocycles. The molecule has 2 amide bonds. The fourth-order valence-electron chi connectivity index (χ4n) is 2.64. The van der Waals surface area contributed by atoms with Crippen LogP contribution in [0.4, 0.5) is 5.69 Å². The molecular weight excluding hydrogens is 230 g/mol. The molecule has 0 aromatic heterocycles. The summed E-state index contributed by atoms with van der Waals surface area (Å²) in [5, 5.41) is 6.82. The Morgan fingerprint density at radius 2 is 2.33 bits per heavy atom. The molecule has 0 fully saturated rings. The van der Waals surface area contributed by atoms with E-state index >= 15 is 0 Å². The van der Waals surface area contributed by atoms with Crippen LogP contribution in [0.1, 0.15) is 24.0 Å². The summed E-state index contributed by atoms with van der Waals surface area (Å²) in [5.74, 6) is 0.225. The number of carbonyl (C=O) groups is 2. The lowest BCUT2D eigenvalue weighted by atomic mass is 9.79. The fraction of sp³-hybridized carbons (Fsp3) is 0.308. The van der Waals surface area contributed by atoms with Crippen molar-refractivity contribution in [1.29, 1.82) is 0 Å². The highest BCUT2D eigenvalue weighted by atomic mass is 16.2. The maximum absolute atomic E-state index is 11.3. The van der Waals surface area contributed by atoms with Crippen LogP contribution < -0.4 is 10.7 Å². The second-order valence-corrected chi connectivity index (χ2v) is 4.61. The van der Waals surface area contributed by atoms with E-state index in [1.165, 1.54) is 5.56 Å². The van der Waals surface area contributed by atoms with E-state index in [0.29, 0.717) is 12.8 Å². The Hall–Kier alpha value is -2.17. The van der Waals surface area contributed by atoms with E-state index in [-0.39, 0.29) is 11.8 Å². The molecule has 5 heteroatoms. The molecule has 0 saturated heterocycles. The number of nitrogens with one attached hydrogen (secondary N) is 2. The number of hydrogen-bond donors (Lipinski definition) is 2. The van der Waals surface area contributed by atoms with E-state index in [2.05, 4.69) is 15.8 Å². The molecule has 1 aliphatic heterocycles. The van der Waals surface area contributed by atoms with Gasteiger partial charge < -0.3 is 5.32 Å². The third kappa shape index (κ3) is 1.77. The van der Waals surface area contributed by atoms with E-state index in [1.54, 1.807) is 0 Å². The van der Waals surface area contributed by atoms with Crippen LogP contribution in [0.25, 0.3) is 0 Å². The first-order valence-corrected chi connectivity index (χ1v) is 5.98. The molecule has 1 aromatic rings. The Kier molecular flexibility index (Phi) is 2.59. The van der Waals surface area contributed by atoms with Gasteiger partial charge in [-0.25, -0.2) is 5.43 Å². The molecule has 0 spiro atoms. The second kappa shape index (κ2) is 4.25. The van der Waals surface area contributed by atoms with Crippen LogP contribution in [0, 0.1) is 5.92 Å². The topological polar surface area (TPSA) is 70.6 Å². The van der Waals surface area contributed by atoms with E-state index in [1.807, 2.05) is 18.2 Å². The molecule has 1 aromatic carbocycles. The van der Waals surface area contributed by atoms with Crippen molar-refractivity contribution in [3.63, 3.8) is 0 Å². The van der Waals surface area contributed by atoms with Gasteiger partial charge in [0.1, 0.15) is 0 Å². The summed E-state index contributed by atoms with van der Waals surface area (Å²) in [5.41, 5.74) is 6.56. The molecule has 2 N–H and O–H groups in total. The number of anilines is 1. The molecule has 2 aliphatic rings. The summed E-state index contributed by atoms with van der Waals surface area (Å²) in [6.45, 7) is 0. The summed E-state index contributed by atoms with van der Waals surface area (Å²) < 4.78 is 0. The molecule has 92 valence electrons. The zero-order valence-electron chi connectivity index (χ0n) is 9.77. The largest absolute Gasteiger partial charge is 0.329 e. The molecule has 5 nitrogen and oxygen atoms in total. The minimum Gasteiger partial charge on any atom is -0.329 e. The van der Waals surface area contributed by atoms with Crippen LogP contribution >= 0.6 is 0 Å². The third-order valence-corrected chi connectivity index (χ3v) is 3.49. The van der Waals surface area contributed by atoms with Crippen LogP contribution in [0.2, 0.25) is 0 Å². The van der Waals surface area contributed by atoms with Crippen LogP contribution in [0.5, 0.6) is 0 Å². The summed E-state index contributed by atoms with van der Waals surface area (Å²) >= 11 is 0. The number of carbonyl (C=O) groups excluding carboxylic acids is 2. The van der Waals surface area contributed by atoms with Gasteiger partial charge >= 0.3 is 0 Å². The average Bonchev–Trinajstić information content (AvgIpc) is 2.38. The van der Waals surface area contributed by atoms with E-state index in [9.17, 15) is 9.59 Å². The van der Waals surface area contributed by atoms with Gasteiger partial charge in [-0.15, -0.1) is 0 Å². The molecule has 1 heterocycles. The van der Waals surface area contributed by atoms with Crippen LogP contribution in [0.3, 0.4) is 0 Å². The number of hydrogen-bond acceptors (Lipinski definition) is 3. The van der Waals surface area contributed by atoms with Gasteiger partial charge in [0.05, 0.1) is 5.71 Å². The van der Waals surface area contributed by atoms with Crippen molar-refractivity contribution < 1.29 is 9.59 Å². The standard InChI is InChI=1S/C13H13N3O2/c17-7-14-10-3-4-11-8(5-10)1-2-9-6-12(18)15-16-13(9)11/h3-5,7,9H,1-2,6H2,(H,14,17)(H,15,18). The summed E-state index contributed by atoms with van der Waals surface area (Å²) in [6.07, 6.45) is 3.04. The van der Waals surface area contributed by atoms with Gasteiger partial charge in [0, 0.05) is 23.6 Å². The smallest absolute Gasteiger partial charge is 0.240 e. The highest BCUT2D eigenvalue weighted by molar-refractivity contribution is 6.08. The van der Waals surface area contributed by atoms with Gasteiger partial charge in [0.25, 0.3) is 0 Å². The quantitative estimate of drug-likeness (QED) is 0.762. The highest BCUT2D eigenvalue weighted by Gasteiger charge is 2.30. The third-order valence-electron chi connectivity index (χ3n) is 3.49. The van der Waals surface area contributed by atoms with Gasteiger partial charge in [0.15, 0.2) is 0 Å². The van der Waals surface area contributed by atoms with E-state index < -0.39 is 0 Å². The lowest BCUT2D eigenvalue weighted by molar-refractivity contribution is -0.122. The minimum absolute atomic E-state index is 0.00792. The molecule has 18 heavy (non-hydrogen) atoms. The van der Waals surface area contributed by atoms with Crippen molar-refractivity contribution in [2.45, 2.75) is 19.3 Å². The van der Waals surface area contributed by atoms with Crippen molar-refractivity contribution in [1.82, 2.24) is 5.43 Å². The van der Waals surface area contributed by atoms with Crippen molar-refractivity contribution >= 4 is 23.7 Å². The summed E-state index contributed by atoms with van der Waals surface area (Å²) in [4.78, 5) is 21.7. The Morgan fingerprint density at radius 3 is 3.17 bits per heavy atom. The number of fused-ring (bicyclic) bond motifs is 3. The number of benzene rings is 1. The van der Waals surface area contributed by atoms with Crippen molar-refractivity contribution in [3.05, 3.63) is 29.3 Å². The van der Waals surface area contributed by atoms with Crippen LogP contribution in [0.15, 0.2) is 23.3 Å². The maximum Gasteiger partial charge on any atom is 0.240 e. The number of hydrazone groups is 1. The van der Waals surface area contributed by atoms with E-state index in [4.69, 9.17) is 0 Å². The van der Waals surface area contributed by atoms with Gasteiger partial charge in [-0.2, -0.15) is 5.10 Å². The molecule has 0 radical (unpaired) electrons. The minimum atomic E-state index is -0.00792. The molecule has 1 unspecified atom stereocenters. The number of aryl methyl sites for hydroxylation is 1. The number of amides is 2. The monoisotopic (exact) mass is 243 g/mol. The predicted molar refractivity (Wildman–Crippen MR) is 67.2 cm³/mol. The SMILES string of the molecule is O=CNc1ccc2c(c1)CCC1CC(=O)NN=C21. The fourth-order valence-corrected chi connectivity index (χ4v) is 2.64. The molecule has 3 rings (SSSR count). The lowest BCUT2D eigenvalue weighted by Gasteiger charge is -2.29. The first kappa shape index (κ1) is 11.0. The lowest BCUT2D eigenvalue weighted by Crippen LogP contribution is -2.36. The molecule has 0 saturated carbocycles. The number of nitrogens with zero attached hydrogens (tertiary/aromatic N) is 1. The van der Waals surface area contributed by atoms with E-state index in [0.717, 1.165) is 29.8 Å². The van der Waals surface area contributed by atoms with Crippen molar-refractivity contribution in [2.75, 3.05) is 5.32 Å². The Labute approximate surface area is 104 Å². The van der Waals surface area contributed by atoms with Gasteiger partial charge in [-0.05, 0) is 30.5 Å². The Bertz CT molecular complexity index is 551. The zero-order valence-corrected chi connectivity index (χ0v) is 9.77. The second-order valence-electron chi connectivity index (χ2n) is 4.61. The molecule has 0 bridgehead atoms. The molecule has 1 atom stereocenters. The average molecular weight is 243 g/mol. The van der Waals surface area contributed by atoms with Crippen molar-refractivity contribution in [2.24, 2.45) is 11.0 Å². The summed E-state index contributed by atoms with van der Waals surface area (Å²) in [7, 11) is 0. The van der Waals surface area contributed by atoms with Crippen LogP contribution in [-0.2, 0) is 16.0 Å². The van der Waals surface area contributed by atoms with Crippen molar-refractivity contribution in [3.8, 4) is 0 Å². The normalized spacial score (nSPS) is 21.2. The first-order valence-electron chi connectivity index (χ1n) is 5.98. The predicted octanol–water partition coefficient (Wildman–Crippen LogP) is 1.04. The zero-order chi connectivity index (χ0) is 12.5. The Morgan fingerprint density at radius 1 is 1.44 bits per heavy atom. The van der Waals surface area contributed by atoms with Gasteiger partial charge in [-0.1, -0.05) is 6.07 Å². The maximum atomic E-state index is 11.3. The number of rotatable bonds is 2. The summed E-state index contributed by atoms with van der Waals surface area (Å²) in [6, 6.07) is 5.79. The molecular formula is C13H13N3O2.